The minimum absolute atomic E-state index is 0.234. The molecule has 2 aromatic heterocycles. The van der Waals surface area contributed by atoms with Crippen molar-refractivity contribution in [1.82, 2.24) is 9.97 Å². The Bertz CT molecular complexity index is 787. The molecule has 0 fully saturated rings. The second kappa shape index (κ2) is 6.03. The Morgan fingerprint density at radius 2 is 1.91 bits per heavy atom. The molecule has 22 heavy (non-hydrogen) atoms. The molecule has 0 spiro atoms. The molecule has 0 atom stereocenters. The van der Waals surface area contributed by atoms with Gasteiger partial charge in [-0.15, -0.1) is 11.3 Å². The van der Waals surface area contributed by atoms with E-state index in [9.17, 15) is 9.18 Å². The van der Waals surface area contributed by atoms with Crippen molar-refractivity contribution in [2.45, 2.75) is 0 Å². The predicted octanol–water partition coefficient (Wildman–Crippen LogP) is 3.62. The maximum Gasteiger partial charge on any atom is 0.259 e. The number of hydrogen-bond donors (Lipinski definition) is 0. The number of nitrogens with zero attached hydrogens (tertiary/aromatic N) is 3. The molecular formula is C16H12FN3OS. The van der Waals surface area contributed by atoms with Gasteiger partial charge in [-0.05, 0) is 36.4 Å². The Labute approximate surface area is 130 Å². The molecule has 3 aromatic rings. The van der Waals surface area contributed by atoms with Crippen LogP contribution in [0.1, 0.15) is 10.4 Å². The number of hydrogen-bond acceptors (Lipinski definition) is 4. The summed E-state index contributed by atoms with van der Waals surface area (Å²) in [5.74, 6) is -0.604. The third-order valence-corrected chi connectivity index (χ3v) is 4.02. The summed E-state index contributed by atoms with van der Waals surface area (Å²) in [5.41, 5.74) is 1.89. The van der Waals surface area contributed by atoms with E-state index in [0.717, 1.165) is 11.4 Å². The van der Waals surface area contributed by atoms with Crippen molar-refractivity contribution in [3.05, 3.63) is 65.4 Å². The van der Waals surface area contributed by atoms with E-state index in [0.29, 0.717) is 10.7 Å². The second-order valence-electron chi connectivity index (χ2n) is 4.60. The van der Waals surface area contributed by atoms with Crippen molar-refractivity contribution in [2.24, 2.45) is 0 Å². The van der Waals surface area contributed by atoms with Gasteiger partial charge in [0.05, 0.1) is 5.69 Å². The molecule has 0 bridgehead atoms. The van der Waals surface area contributed by atoms with Crippen molar-refractivity contribution in [2.75, 3.05) is 11.9 Å². The van der Waals surface area contributed by atoms with Crippen LogP contribution in [0.4, 0.5) is 9.52 Å². The lowest BCUT2D eigenvalue weighted by atomic mass is 10.2. The van der Waals surface area contributed by atoms with Crippen LogP contribution in [0.3, 0.4) is 0 Å². The summed E-state index contributed by atoms with van der Waals surface area (Å²) in [5, 5.41) is 2.42. The summed E-state index contributed by atoms with van der Waals surface area (Å²) < 4.78 is 12.9. The highest BCUT2D eigenvalue weighted by atomic mass is 32.1. The fraction of sp³-hybridized carbons (Fsp3) is 0.0625. The minimum Gasteiger partial charge on any atom is -0.287 e. The van der Waals surface area contributed by atoms with E-state index in [1.54, 1.807) is 13.2 Å². The molecule has 0 saturated carbocycles. The molecule has 0 aliphatic heterocycles. The maximum absolute atomic E-state index is 12.9. The Kier molecular flexibility index (Phi) is 3.93. The Morgan fingerprint density at radius 3 is 2.59 bits per heavy atom. The molecule has 0 saturated heterocycles. The van der Waals surface area contributed by atoms with Crippen LogP contribution in [0.2, 0.25) is 0 Å². The highest BCUT2D eigenvalue weighted by Gasteiger charge is 2.17. The summed E-state index contributed by atoms with van der Waals surface area (Å²) in [4.78, 5) is 22.5. The van der Waals surface area contributed by atoms with Crippen LogP contribution in [-0.2, 0) is 0 Å². The zero-order chi connectivity index (χ0) is 15.5. The van der Waals surface area contributed by atoms with Gasteiger partial charge in [-0.25, -0.2) is 9.37 Å². The first-order chi connectivity index (χ1) is 10.6. The SMILES string of the molecule is CN(C(=O)c1ccc(F)cc1)c1nc(-c2ccccn2)cs1. The summed E-state index contributed by atoms with van der Waals surface area (Å²) >= 11 is 1.36. The Balaban J connectivity index is 1.83. The first-order valence-corrected chi connectivity index (χ1v) is 7.43. The lowest BCUT2D eigenvalue weighted by Crippen LogP contribution is -2.26. The first-order valence-electron chi connectivity index (χ1n) is 6.56. The number of benzene rings is 1. The van der Waals surface area contributed by atoms with Crippen molar-refractivity contribution in [3.63, 3.8) is 0 Å². The third kappa shape index (κ3) is 2.87. The molecule has 0 N–H and O–H groups in total. The quantitative estimate of drug-likeness (QED) is 0.742. The van der Waals surface area contributed by atoms with Crippen LogP contribution in [0.5, 0.6) is 0 Å². The number of pyridine rings is 1. The predicted molar refractivity (Wildman–Crippen MR) is 84.5 cm³/mol. The number of rotatable bonds is 3. The first kappa shape index (κ1) is 14.3. The van der Waals surface area contributed by atoms with Crippen LogP contribution in [0.25, 0.3) is 11.4 Å². The molecule has 3 rings (SSSR count). The highest BCUT2D eigenvalue weighted by molar-refractivity contribution is 7.14. The third-order valence-electron chi connectivity index (χ3n) is 3.10. The Morgan fingerprint density at radius 1 is 1.14 bits per heavy atom. The lowest BCUT2D eigenvalue weighted by Gasteiger charge is -2.13. The zero-order valence-corrected chi connectivity index (χ0v) is 12.5. The van der Waals surface area contributed by atoms with E-state index in [4.69, 9.17) is 0 Å². The molecular weight excluding hydrogens is 301 g/mol. The van der Waals surface area contributed by atoms with Crippen molar-refractivity contribution >= 4 is 22.4 Å². The molecule has 0 radical (unpaired) electrons. The largest absolute Gasteiger partial charge is 0.287 e. The number of anilines is 1. The van der Waals surface area contributed by atoms with E-state index in [1.165, 1.54) is 40.5 Å². The van der Waals surface area contributed by atoms with Crippen LogP contribution in [0.15, 0.2) is 54.0 Å². The van der Waals surface area contributed by atoms with E-state index in [2.05, 4.69) is 9.97 Å². The summed E-state index contributed by atoms with van der Waals surface area (Å²) in [6.07, 6.45) is 1.70. The highest BCUT2D eigenvalue weighted by Crippen LogP contribution is 2.26. The lowest BCUT2D eigenvalue weighted by molar-refractivity contribution is 0.0993. The molecule has 1 aromatic carbocycles. The summed E-state index contributed by atoms with van der Waals surface area (Å²) in [6, 6.07) is 11.0. The average Bonchev–Trinajstić information content (AvgIpc) is 3.05. The number of carbonyl (C=O) groups excluding carboxylic acids is 1. The monoisotopic (exact) mass is 313 g/mol. The molecule has 2 heterocycles. The van der Waals surface area contributed by atoms with Gasteiger partial charge in [-0.1, -0.05) is 6.07 Å². The zero-order valence-electron chi connectivity index (χ0n) is 11.7. The normalized spacial score (nSPS) is 10.5. The maximum atomic E-state index is 12.9. The number of halogens is 1. The molecule has 1 amide bonds. The van der Waals surface area contributed by atoms with Gasteiger partial charge in [0.25, 0.3) is 5.91 Å². The number of amides is 1. The van der Waals surface area contributed by atoms with E-state index >= 15 is 0 Å². The van der Waals surface area contributed by atoms with E-state index in [-0.39, 0.29) is 11.7 Å². The smallest absolute Gasteiger partial charge is 0.259 e. The standard InChI is InChI=1S/C16H12FN3OS/c1-20(15(21)11-5-7-12(17)8-6-11)16-19-14(10-22-16)13-4-2-3-9-18-13/h2-10H,1H3. The van der Waals surface area contributed by atoms with Gasteiger partial charge < -0.3 is 0 Å². The molecule has 0 aliphatic rings. The van der Waals surface area contributed by atoms with Crippen LogP contribution in [0, 0.1) is 5.82 Å². The summed E-state index contributed by atoms with van der Waals surface area (Å²) in [7, 11) is 1.65. The van der Waals surface area contributed by atoms with Crippen molar-refractivity contribution < 1.29 is 9.18 Å². The fourth-order valence-electron chi connectivity index (χ4n) is 1.92. The summed E-state index contributed by atoms with van der Waals surface area (Å²) in [6.45, 7) is 0. The van der Waals surface area contributed by atoms with E-state index in [1.807, 2.05) is 23.6 Å². The van der Waals surface area contributed by atoms with Gasteiger partial charge in [-0.3, -0.25) is 14.7 Å². The van der Waals surface area contributed by atoms with Gasteiger partial charge in [0, 0.05) is 24.2 Å². The van der Waals surface area contributed by atoms with Gasteiger partial charge in [0.1, 0.15) is 11.5 Å². The molecule has 110 valence electrons. The second-order valence-corrected chi connectivity index (χ2v) is 5.44. The van der Waals surface area contributed by atoms with Gasteiger partial charge in [-0.2, -0.15) is 0 Å². The Hall–Kier alpha value is -2.60. The van der Waals surface area contributed by atoms with Crippen molar-refractivity contribution in [1.29, 1.82) is 0 Å². The van der Waals surface area contributed by atoms with Crippen molar-refractivity contribution in [3.8, 4) is 11.4 Å². The number of thiazole rings is 1. The molecule has 0 aliphatic carbocycles. The molecule has 6 heteroatoms. The van der Waals surface area contributed by atoms with Crippen LogP contribution in [-0.4, -0.2) is 22.9 Å². The minimum atomic E-state index is -0.370. The van der Waals surface area contributed by atoms with Crippen LogP contribution < -0.4 is 4.90 Å². The van der Waals surface area contributed by atoms with Gasteiger partial charge >= 0.3 is 0 Å². The van der Waals surface area contributed by atoms with Gasteiger partial charge in [0.15, 0.2) is 5.13 Å². The number of carbonyl (C=O) groups is 1. The fourth-order valence-corrected chi connectivity index (χ4v) is 2.71. The topological polar surface area (TPSA) is 46.1 Å². The van der Waals surface area contributed by atoms with Crippen LogP contribution >= 0.6 is 11.3 Å². The number of aromatic nitrogens is 2. The molecule has 0 unspecified atom stereocenters. The van der Waals surface area contributed by atoms with E-state index < -0.39 is 0 Å². The molecule has 4 nitrogen and oxygen atoms in total. The average molecular weight is 313 g/mol. The van der Waals surface area contributed by atoms with Gasteiger partial charge in [0.2, 0.25) is 0 Å².